The summed E-state index contributed by atoms with van der Waals surface area (Å²) in [5, 5.41) is 11.1. The van der Waals surface area contributed by atoms with Crippen LogP contribution in [0.3, 0.4) is 0 Å². The highest BCUT2D eigenvalue weighted by Gasteiger charge is 2.23. The van der Waals surface area contributed by atoms with E-state index >= 15 is 0 Å². The minimum atomic E-state index is -0.0719. The maximum Gasteiger partial charge on any atom is 0.195 e. The number of benzene rings is 3. The molecule has 0 aliphatic carbocycles. The Morgan fingerprint density at radius 3 is 2.35 bits per heavy atom. The summed E-state index contributed by atoms with van der Waals surface area (Å²) in [5.74, 6) is 1.62. The quantitative estimate of drug-likeness (QED) is 0.269. The second kappa shape index (κ2) is 11.1. The summed E-state index contributed by atoms with van der Waals surface area (Å²) in [7, 11) is 1.63. The maximum absolute atomic E-state index is 14.0. The van der Waals surface area contributed by atoms with Crippen molar-refractivity contribution in [3.63, 3.8) is 0 Å². The molecule has 5 rings (SSSR count). The molecule has 0 spiro atoms. The summed E-state index contributed by atoms with van der Waals surface area (Å²) in [6.07, 6.45) is 4.55. The molecule has 1 aromatic heterocycles. The summed E-state index contributed by atoms with van der Waals surface area (Å²) in [6.45, 7) is 5.89. The van der Waals surface area contributed by atoms with Crippen molar-refractivity contribution >= 4 is 16.7 Å². The molecular weight excluding hydrogens is 464 g/mol. The zero-order valence-electron chi connectivity index (χ0n) is 21.5. The van der Waals surface area contributed by atoms with Crippen molar-refractivity contribution in [2.75, 3.05) is 33.4 Å². The fraction of sp³-hybridized carbons (Fsp3) is 0.323. The zero-order valence-corrected chi connectivity index (χ0v) is 21.5. The first-order valence-electron chi connectivity index (χ1n) is 13.1. The van der Waals surface area contributed by atoms with Gasteiger partial charge in [0.1, 0.15) is 23.9 Å². The Balaban J connectivity index is 1.45. The van der Waals surface area contributed by atoms with Crippen LogP contribution in [0.4, 0.5) is 0 Å². The molecule has 2 N–H and O–H groups in total. The second-order valence-electron chi connectivity index (χ2n) is 9.59. The van der Waals surface area contributed by atoms with Crippen molar-refractivity contribution in [2.45, 2.75) is 32.6 Å². The molecule has 6 nitrogen and oxygen atoms in total. The predicted octanol–water partition coefficient (Wildman–Crippen LogP) is 6.21. The number of carbonyl (C=O) groups is 1. The smallest absolute Gasteiger partial charge is 0.195 e. The molecule has 1 saturated heterocycles. The number of rotatable bonds is 9. The van der Waals surface area contributed by atoms with Gasteiger partial charge in [-0.3, -0.25) is 9.69 Å². The van der Waals surface area contributed by atoms with Gasteiger partial charge in [0.05, 0.1) is 23.9 Å². The maximum atomic E-state index is 14.0. The number of phenolic OH excluding ortho intramolecular Hbond substituents is 1. The molecule has 0 saturated carbocycles. The van der Waals surface area contributed by atoms with Crippen molar-refractivity contribution in [2.24, 2.45) is 0 Å². The normalized spacial score (nSPS) is 14.1. The topological polar surface area (TPSA) is 74.8 Å². The highest BCUT2D eigenvalue weighted by atomic mass is 16.5. The van der Waals surface area contributed by atoms with Crippen LogP contribution in [0, 0.1) is 0 Å². The number of hydrogen-bond acceptors (Lipinski definition) is 5. The van der Waals surface area contributed by atoms with Gasteiger partial charge in [-0.2, -0.15) is 0 Å². The standard InChI is InChI=1S/C31H34N2O4/c1-3-21-19-24(34)20-27-28(21)29(30(32-27)22-7-11-25(36-2)12-8-22)31(35)23-9-13-26(14-10-23)37-18-17-33-15-5-4-6-16-33/h7-14,19-20,32,34H,3-6,15-18H2,1-2H3. The van der Waals surface area contributed by atoms with E-state index in [1.165, 1.54) is 19.3 Å². The summed E-state index contributed by atoms with van der Waals surface area (Å²) in [5.41, 5.74) is 4.46. The lowest BCUT2D eigenvalue weighted by Crippen LogP contribution is -2.33. The van der Waals surface area contributed by atoms with Crippen molar-refractivity contribution in [1.29, 1.82) is 0 Å². The molecule has 1 aliphatic heterocycles. The van der Waals surface area contributed by atoms with E-state index in [4.69, 9.17) is 9.47 Å². The Morgan fingerprint density at radius 1 is 0.973 bits per heavy atom. The molecule has 0 unspecified atom stereocenters. The van der Waals surface area contributed by atoms with Crippen LogP contribution < -0.4 is 9.47 Å². The van der Waals surface area contributed by atoms with Gasteiger partial charge in [0, 0.05) is 23.6 Å². The van der Waals surface area contributed by atoms with Crippen LogP contribution in [0.1, 0.15) is 47.7 Å². The van der Waals surface area contributed by atoms with Crippen LogP contribution in [-0.2, 0) is 6.42 Å². The van der Waals surface area contributed by atoms with Gasteiger partial charge in [0.15, 0.2) is 5.78 Å². The Labute approximate surface area is 217 Å². The summed E-state index contributed by atoms with van der Waals surface area (Å²) >= 11 is 0. The number of carbonyl (C=O) groups excluding carboxylic acids is 1. The molecule has 2 heterocycles. The molecule has 0 amide bonds. The lowest BCUT2D eigenvalue weighted by atomic mass is 9.94. The van der Waals surface area contributed by atoms with Gasteiger partial charge in [-0.05, 0) is 98.1 Å². The first-order valence-corrected chi connectivity index (χ1v) is 13.1. The fourth-order valence-electron chi connectivity index (χ4n) is 5.20. The third-order valence-electron chi connectivity index (χ3n) is 7.19. The zero-order chi connectivity index (χ0) is 25.8. The van der Waals surface area contributed by atoms with Gasteiger partial charge in [0.25, 0.3) is 0 Å². The van der Waals surface area contributed by atoms with Gasteiger partial charge < -0.3 is 19.6 Å². The number of methoxy groups -OCH3 is 1. The first-order chi connectivity index (χ1) is 18.1. The predicted molar refractivity (Wildman–Crippen MR) is 147 cm³/mol. The van der Waals surface area contributed by atoms with Crippen molar-refractivity contribution < 1.29 is 19.4 Å². The number of hydrogen-bond donors (Lipinski definition) is 2. The highest BCUT2D eigenvalue weighted by Crippen LogP contribution is 2.37. The molecule has 0 atom stereocenters. The van der Waals surface area contributed by atoms with Crippen molar-refractivity contribution in [3.05, 3.63) is 77.4 Å². The van der Waals surface area contributed by atoms with Gasteiger partial charge in [-0.15, -0.1) is 0 Å². The summed E-state index contributed by atoms with van der Waals surface area (Å²) in [4.78, 5) is 19.8. The number of ether oxygens (including phenoxy) is 2. The average Bonchev–Trinajstić information content (AvgIpc) is 3.32. The SMILES string of the molecule is CCc1cc(O)cc2[nH]c(-c3ccc(OC)cc3)c(C(=O)c3ccc(OCCN4CCCCC4)cc3)c12. The van der Waals surface area contributed by atoms with Crippen LogP contribution in [0.15, 0.2) is 60.7 Å². The number of aromatic hydroxyl groups is 1. The summed E-state index contributed by atoms with van der Waals surface area (Å²) in [6, 6.07) is 18.5. The molecule has 37 heavy (non-hydrogen) atoms. The molecule has 0 bridgehead atoms. The van der Waals surface area contributed by atoms with E-state index < -0.39 is 0 Å². The van der Waals surface area contributed by atoms with E-state index in [1.807, 2.05) is 55.5 Å². The molecule has 192 valence electrons. The number of H-pyrrole nitrogens is 1. The Kier molecular flexibility index (Phi) is 7.47. The van der Waals surface area contributed by atoms with Crippen LogP contribution in [0.5, 0.6) is 17.2 Å². The number of aromatic nitrogens is 1. The number of fused-ring (bicyclic) bond motifs is 1. The van der Waals surface area contributed by atoms with Crippen molar-refractivity contribution in [1.82, 2.24) is 9.88 Å². The number of phenols is 1. The van der Waals surface area contributed by atoms with Crippen molar-refractivity contribution in [3.8, 4) is 28.5 Å². The minimum absolute atomic E-state index is 0.0719. The van der Waals surface area contributed by atoms with E-state index in [0.29, 0.717) is 24.2 Å². The van der Waals surface area contributed by atoms with Gasteiger partial charge in [-0.1, -0.05) is 13.3 Å². The molecule has 1 fully saturated rings. The molecule has 4 aromatic rings. The van der Waals surface area contributed by atoms with Crippen LogP contribution in [0.2, 0.25) is 0 Å². The lowest BCUT2D eigenvalue weighted by molar-refractivity contribution is 0.104. The second-order valence-corrected chi connectivity index (χ2v) is 9.59. The number of aryl methyl sites for hydroxylation is 1. The van der Waals surface area contributed by atoms with E-state index in [0.717, 1.165) is 58.9 Å². The van der Waals surface area contributed by atoms with E-state index in [1.54, 1.807) is 19.2 Å². The molecular formula is C31H34N2O4. The van der Waals surface area contributed by atoms with Crippen LogP contribution in [0.25, 0.3) is 22.2 Å². The van der Waals surface area contributed by atoms with E-state index in [2.05, 4.69) is 9.88 Å². The van der Waals surface area contributed by atoms with Gasteiger partial charge in [-0.25, -0.2) is 0 Å². The number of piperidine rings is 1. The highest BCUT2D eigenvalue weighted by molar-refractivity contribution is 6.21. The summed E-state index contributed by atoms with van der Waals surface area (Å²) < 4.78 is 11.3. The van der Waals surface area contributed by atoms with E-state index in [9.17, 15) is 9.90 Å². The Hall–Kier alpha value is -3.77. The fourth-order valence-corrected chi connectivity index (χ4v) is 5.20. The lowest BCUT2D eigenvalue weighted by Gasteiger charge is -2.26. The Morgan fingerprint density at radius 2 is 1.68 bits per heavy atom. The monoisotopic (exact) mass is 498 g/mol. The average molecular weight is 499 g/mol. The molecule has 1 aliphatic rings. The third kappa shape index (κ3) is 5.35. The van der Waals surface area contributed by atoms with Gasteiger partial charge >= 0.3 is 0 Å². The Bertz CT molecular complexity index is 1370. The number of aromatic amines is 1. The first kappa shape index (κ1) is 24.9. The van der Waals surface area contributed by atoms with Crippen LogP contribution in [-0.4, -0.2) is 54.1 Å². The van der Waals surface area contributed by atoms with Crippen LogP contribution >= 0.6 is 0 Å². The number of nitrogens with zero attached hydrogens (tertiary/aromatic N) is 1. The third-order valence-corrected chi connectivity index (χ3v) is 7.19. The minimum Gasteiger partial charge on any atom is -0.508 e. The molecule has 0 radical (unpaired) electrons. The largest absolute Gasteiger partial charge is 0.508 e. The molecule has 6 heteroatoms. The number of ketones is 1. The van der Waals surface area contributed by atoms with E-state index in [-0.39, 0.29) is 11.5 Å². The number of nitrogens with one attached hydrogen (secondary N) is 1. The van der Waals surface area contributed by atoms with Gasteiger partial charge in [0.2, 0.25) is 0 Å². The number of likely N-dealkylation sites (tertiary alicyclic amines) is 1. The molecule has 3 aromatic carbocycles.